The van der Waals surface area contributed by atoms with Crippen molar-refractivity contribution in [2.24, 2.45) is 0 Å². The first-order valence-electron chi connectivity index (χ1n) is 10.3. The summed E-state index contributed by atoms with van der Waals surface area (Å²) in [6.45, 7) is -0.570. The Morgan fingerprint density at radius 1 is 0.912 bits per heavy atom. The molecule has 4 aromatic rings. The Bertz CT molecular complexity index is 1420. The number of benzene rings is 3. The van der Waals surface area contributed by atoms with E-state index in [1.165, 1.54) is 14.2 Å². The Morgan fingerprint density at radius 2 is 1.62 bits per heavy atom. The van der Waals surface area contributed by atoms with E-state index in [0.29, 0.717) is 33.6 Å². The van der Waals surface area contributed by atoms with Crippen molar-refractivity contribution >= 4 is 28.3 Å². The van der Waals surface area contributed by atoms with Crippen LogP contribution in [0.5, 0.6) is 11.5 Å². The lowest BCUT2D eigenvalue weighted by atomic mass is 10.1. The number of ether oxygens (including phenoxy) is 3. The molecular formula is C25H21N3O6. The molecule has 1 N–H and O–H groups in total. The summed E-state index contributed by atoms with van der Waals surface area (Å²) in [7, 11) is 2.97. The molecule has 4 rings (SSSR count). The average molecular weight is 459 g/mol. The number of para-hydroxylation sites is 1. The first-order valence-corrected chi connectivity index (χ1v) is 10.3. The maximum atomic E-state index is 12.9. The molecule has 172 valence electrons. The summed E-state index contributed by atoms with van der Waals surface area (Å²) in [5.74, 6) is -0.482. The van der Waals surface area contributed by atoms with Crippen LogP contribution in [0.25, 0.3) is 16.5 Å². The summed E-state index contributed by atoms with van der Waals surface area (Å²) in [5.41, 5.74) is 0.409. The first kappa shape index (κ1) is 22.5. The molecule has 0 unspecified atom stereocenters. The van der Waals surface area contributed by atoms with Crippen LogP contribution in [-0.4, -0.2) is 42.5 Å². The molecule has 3 aromatic carbocycles. The van der Waals surface area contributed by atoms with Crippen molar-refractivity contribution in [3.05, 3.63) is 88.8 Å². The lowest BCUT2D eigenvalue weighted by Crippen LogP contribution is -2.26. The molecule has 0 aliphatic carbocycles. The van der Waals surface area contributed by atoms with Crippen molar-refractivity contribution in [1.29, 1.82) is 0 Å². The van der Waals surface area contributed by atoms with Crippen LogP contribution in [0.3, 0.4) is 0 Å². The highest BCUT2D eigenvalue weighted by molar-refractivity contribution is 6.03. The molecule has 1 aromatic heterocycles. The second-order valence-corrected chi connectivity index (χ2v) is 7.14. The van der Waals surface area contributed by atoms with Crippen LogP contribution < -0.4 is 20.3 Å². The molecule has 0 bridgehead atoms. The Labute approximate surface area is 194 Å². The number of aromatic nitrogens is 2. The third kappa shape index (κ3) is 4.58. The van der Waals surface area contributed by atoms with Gasteiger partial charge < -0.3 is 19.5 Å². The van der Waals surface area contributed by atoms with Gasteiger partial charge in [0.15, 0.2) is 12.3 Å². The smallest absolute Gasteiger partial charge is 0.359 e. The number of rotatable bonds is 7. The van der Waals surface area contributed by atoms with E-state index in [4.69, 9.17) is 14.2 Å². The fraction of sp³-hybridized carbons (Fsp3) is 0.120. The molecule has 0 aliphatic heterocycles. The quantitative estimate of drug-likeness (QED) is 0.423. The minimum atomic E-state index is -0.839. The Balaban J connectivity index is 1.59. The van der Waals surface area contributed by atoms with E-state index in [-0.39, 0.29) is 11.3 Å². The van der Waals surface area contributed by atoms with Gasteiger partial charge in [-0.15, -0.1) is 0 Å². The number of amides is 1. The number of carbonyl (C=O) groups excluding carboxylic acids is 2. The first-order chi connectivity index (χ1) is 16.5. The molecule has 1 heterocycles. The second-order valence-electron chi connectivity index (χ2n) is 7.14. The van der Waals surface area contributed by atoms with E-state index in [2.05, 4.69) is 10.4 Å². The maximum absolute atomic E-state index is 12.9. The van der Waals surface area contributed by atoms with Gasteiger partial charge in [-0.25, -0.2) is 4.79 Å². The van der Waals surface area contributed by atoms with E-state index >= 15 is 0 Å². The minimum Gasteiger partial charge on any atom is -0.497 e. The van der Waals surface area contributed by atoms with Crippen molar-refractivity contribution in [1.82, 2.24) is 9.78 Å². The van der Waals surface area contributed by atoms with Crippen LogP contribution in [0.2, 0.25) is 0 Å². The number of nitrogens with one attached hydrogen (secondary N) is 1. The summed E-state index contributed by atoms with van der Waals surface area (Å²) in [4.78, 5) is 38.3. The van der Waals surface area contributed by atoms with Crippen LogP contribution in [0.15, 0.2) is 77.6 Å². The van der Waals surface area contributed by atoms with Gasteiger partial charge in [-0.05, 0) is 30.3 Å². The van der Waals surface area contributed by atoms with Crippen molar-refractivity contribution in [2.75, 3.05) is 26.1 Å². The summed E-state index contributed by atoms with van der Waals surface area (Å²) < 4.78 is 16.8. The summed E-state index contributed by atoms with van der Waals surface area (Å²) >= 11 is 0. The topological polar surface area (TPSA) is 109 Å². The number of fused-ring (bicyclic) bond motifs is 1. The van der Waals surface area contributed by atoms with Crippen LogP contribution in [0.4, 0.5) is 5.69 Å². The van der Waals surface area contributed by atoms with E-state index in [9.17, 15) is 14.4 Å². The van der Waals surface area contributed by atoms with Crippen molar-refractivity contribution in [2.45, 2.75) is 0 Å². The highest BCUT2D eigenvalue weighted by Crippen LogP contribution is 2.28. The number of methoxy groups -OCH3 is 2. The fourth-order valence-corrected chi connectivity index (χ4v) is 3.38. The highest BCUT2D eigenvalue weighted by Gasteiger charge is 2.20. The number of esters is 1. The third-order valence-electron chi connectivity index (χ3n) is 5.01. The normalized spacial score (nSPS) is 10.5. The molecular weight excluding hydrogens is 438 g/mol. The van der Waals surface area contributed by atoms with Gasteiger partial charge in [0.05, 0.1) is 31.0 Å². The Hall–Kier alpha value is -4.66. The van der Waals surface area contributed by atoms with Gasteiger partial charge in [0.2, 0.25) is 0 Å². The van der Waals surface area contributed by atoms with E-state index in [1.54, 1.807) is 72.8 Å². The highest BCUT2D eigenvalue weighted by atomic mass is 16.5. The second kappa shape index (κ2) is 9.86. The monoisotopic (exact) mass is 459 g/mol. The molecule has 0 radical (unpaired) electrons. The molecule has 0 fully saturated rings. The fourth-order valence-electron chi connectivity index (χ4n) is 3.38. The third-order valence-corrected chi connectivity index (χ3v) is 5.01. The van der Waals surface area contributed by atoms with Crippen molar-refractivity contribution in [3.8, 4) is 17.2 Å². The molecule has 0 saturated carbocycles. The number of carbonyl (C=O) groups is 2. The molecule has 9 nitrogen and oxygen atoms in total. The van der Waals surface area contributed by atoms with E-state index in [1.807, 2.05) is 0 Å². The molecule has 34 heavy (non-hydrogen) atoms. The SMILES string of the molecule is COc1ccc(OC)c(NC(=O)COC(=O)c2nn(-c3ccccc3)c(=O)c3ccccc23)c1. The molecule has 9 heteroatoms. The van der Waals surface area contributed by atoms with Gasteiger partial charge in [-0.2, -0.15) is 9.78 Å². The van der Waals surface area contributed by atoms with Crippen molar-refractivity contribution < 1.29 is 23.8 Å². The van der Waals surface area contributed by atoms with E-state index < -0.39 is 18.5 Å². The van der Waals surface area contributed by atoms with Crippen LogP contribution in [0.1, 0.15) is 10.5 Å². The summed E-state index contributed by atoms with van der Waals surface area (Å²) in [5, 5.41) is 7.51. The molecule has 0 saturated heterocycles. The van der Waals surface area contributed by atoms with Crippen molar-refractivity contribution in [3.63, 3.8) is 0 Å². The molecule has 0 aliphatic rings. The number of hydrogen-bond acceptors (Lipinski definition) is 7. The summed E-state index contributed by atoms with van der Waals surface area (Å²) in [6.07, 6.45) is 0. The van der Waals surface area contributed by atoms with E-state index in [0.717, 1.165) is 4.68 Å². The van der Waals surface area contributed by atoms with Crippen LogP contribution in [-0.2, 0) is 9.53 Å². The predicted octanol–water partition coefficient (Wildman–Crippen LogP) is 3.20. The van der Waals surface area contributed by atoms with Crippen LogP contribution in [0, 0.1) is 0 Å². The zero-order valence-electron chi connectivity index (χ0n) is 18.5. The van der Waals surface area contributed by atoms with Gasteiger partial charge in [-0.3, -0.25) is 9.59 Å². The van der Waals surface area contributed by atoms with Gasteiger partial charge in [0.1, 0.15) is 11.5 Å². The lowest BCUT2D eigenvalue weighted by Gasteiger charge is -2.13. The Morgan fingerprint density at radius 3 is 2.32 bits per heavy atom. The molecule has 0 spiro atoms. The number of nitrogens with zero attached hydrogens (tertiary/aromatic N) is 2. The maximum Gasteiger partial charge on any atom is 0.359 e. The van der Waals surface area contributed by atoms with Gasteiger partial charge in [0.25, 0.3) is 11.5 Å². The zero-order valence-corrected chi connectivity index (χ0v) is 18.5. The van der Waals surface area contributed by atoms with Crippen LogP contribution >= 0.6 is 0 Å². The standard InChI is InChI=1S/C25H21N3O6/c1-32-17-12-13-21(33-2)20(14-17)26-22(29)15-34-25(31)23-18-10-6-7-11-19(18)24(30)28(27-23)16-8-4-3-5-9-16/h3-14H,15H2,1-2H3,(H,26,29). The largest absolute Gasteiger partial charge is 0.497 e. The molecule has 0 atom stereocenters. The molecule has 1 amide bonds. The zero-order chi connectivity index (χ0) is 24.1. The average Bonchev–Trinajstić information content (AvgIpc) is 2.88. The van der Waals surface area contributed by atoms with Gasteiger partial charge in [0, 0.05) is 11.5 Å². The number of anilines is 1. The van der Waals surface area contributed by atoms with Gasteiger partial charge in [-0.1, -0.05) is 36.4 Å². The lowest BCUT2D eigenvalue weighted by molar-refractivity contribution is -0.119. The number of hydrogen-bond donors (Lipinski definition) is 1. The Kier molecular flexibility index (Phi) is 6.54. The summed E-state index contributed by atoms with van der Waals surface area (Å²) in [6, 6.07) is 20.2. The van der Waals surface area contributed by atoms with Gasteiger partial charge >= 0.3 is 5.97 Å². The minimum absolute atomic E-state index is 0.0780. The predicted molar refractivity (Wildman–Crippen MR) is 126 cm³/mol.